The van der Waals surface area contributed by atoms with Crippen LogP contribution in [-0.2, 0) is 4.74 Å². The third-order valence-corrected chi connectivity index (χ3v) is 3.83. The Morgan fingerprint density at radius 2 is 1.55 bits per heavy atom. The number of hydrogen-bond donors (Lipinski definition) is 1. The molecule has 0 bridgehead atoms. The van der Waals surface area contributed by atoms with E-state index in [2.05, 4.69) is 64.2 Å². The van der Waals surface area contributed by atoms with Crippen LogP contribution in [0.15, 0.2) is 24.3 Å². The van der Waals surface area contributed by atoms with E-state index in [1.54, 1.807) is 0 Å². The first kappa shape index (κ1) is 17.2. The van der Waals surface area contributed by atoms with Crippen LogP contribution in [0.5, 0.6) is 0 Å². The fourth-order valence-corrected chi connectivity index (χ4v) is 2.60. The van der Waals surface area contributed by atoms with Crippen molar-refractivity contribution in [1.29, 1.82) is 0 Å². The number of nitrogens with one attached hydrogen (secondary N) is 1. The van der Waals surface area contributed by atoms with Gasteiger partial charge in [-0.3, -0.25) is 0 Å². The number of benzene rings is 1. The Kier molecular flexibility index (Phi) is 7.25. The minimum atomic E-state index is 0.200. The number of rotatable bonds is 8. The molecule has 1 N–H and O–H groups in total. The molecule has 2 atom stereocenters. The maximum Gasteiger partial charge on any atom is 0.0788 e. The third kappa shape index (κ3) is 4.60. The summed E-state index contributed by atoms with van der Waals surface area (Å²) in [5, 5.41) is 3.64. The van der Waals surface area contributed by atoms with Crippen molar-refractivity contribution in [3.63, 3.8) is 0 Å². The second kappa shape index (κ2) is 8.43. The van der Waals surface area contributed by atoms with Gasteiger partial charge >= 0.3 is 0 Å². The summed E-state index contributed by atoms with van der Waals surface area (Å²) in [4.78, 5) is 0. The first-order valence-electron chi connectivity index (χ1n) is 7.87. The van der Waals surface area contributed by atoms with Gasteiger partial charge in [0.15, 0.2) is 0 Å². The van der Waals surface area contributed by atoms with Gasteiger partial charge in [0, 0.05) is 7.11 Å². The smallest absolute Gasteiger partial charge is 0.0788 e. The molecule has 0 radical (unpaired) electrons. The molecule has 0 aliphatic rings. The molecule has 20 heavy (non-hydrogen) atoms. The lowest BCUT2D eigenvalue weighted by molar-refractivity contribution is 0.0326. The molecule has 0 spiro atoms. The molecule has 0 amide bonds. The van der Waals surface area contributed by atoms with Crippen LogP contribution in [0.3, 0.4) is 0 Å². The van der Waals surface area contributed by atoms with Crippen molar-refractivity contribution in [2.45, 2.75) is 59.1 Å². The van der Waals surface area contributed by atoms with Crippen LogP contribution in [0, 0.1) is 5.92 Å². The zero-order valence-corrected chi connectivity index (χ0v) is 13.9. The molecule has 0 aliphatic heterocycles. The van der Waals surface area contributed by atoms with Gasteiger partial charge in [0.2, 0.25) is 0 Å². The van der Waals surface area contributed by atoms with Crippen LogP contribution < -0.4 is 5.32 Å². The Bertz CT molecular complexity index is 370. The predicted octanol–water partition coefficient (Wildman–Crippen LogP) is 4.52. The molecule has 0 saturated heterocycles. The highest BCUT2D eigenvalue weighted by molar-refractivity contribution is 5.27. The van der Waals surface area contributed by atoms with Gasteiger partial charge in [-0.05, 0) is 35.9 Å². The third-order valence-electron chi connectivity index (χ3n) is 3.83. The summed E-state index contributed by atoms with van der Waals surface area (Å²) in [5.74, 6) is 1.06. The van der Waals surface area contributed by atoms with Crippen molar-refractivity contribution < 1.29 is 4.74 Å². The summed E-state index contributed by atoms with van der Waals surface area (Å²) in [7, 11) is 1.81. The summed E-state index contributed by atoms with van der Waals surface area (Å²) >= 11 is 0. The molecule has 114 valence electrons. The standard InChI is InChI=1S/C18H31NO/c1-7-12-19-17(18(20-6)14(4)5)16-10-8-15(9-11-16)13(2)3/h8-11,13-14,17-19H,7,12H2,1-6H3. The second-order valence-electron chi connectivity index (χ2n) is 6.20. The van der Waals surface area contributed by atoms with Crippen molar-refractivity contribution in [3.05, 3.63) is 35.4 Å². The highest BCUT2D eigenvalue weighted by Gasteiger charge is 2.25. The molecule has 2 heteroatoms. The minimum Gasteiger partial charge on any atom is -0.379 e. The van der Waals surface area contributed by atoms with Crippen molar-refractivity contribution in [2.24, 2.45) is 5.92 Å². The molecule has 1 aromatic carbocycles. The van der Waals surface area contributed by atoms with E-state index in [1.807, 2.05) is 7.11 Å². The summed E-state index contributed by atoms with van der Waals surface area (Å²) in [6.07, 6.45) is 1.33. The van der Waals surface area contributed by atoms with Crippen LogP contribution in [0.2, 0.25) is 0 Å². The van der Waals surface area contributed by atoms with Crippen molar-refractivity contribution in [2.75, 3.05) is 13.7 Å². The number of hydrogen-bond acceptors (Lipinski definition) is 2. The predicted molar refractivity (Wildman–Crippen MR) is 87.2 cm³/mol. The largest absolute Gasteiger partial charge is 0.379 e. The van der Waals surface area contributed by atoms with Gasteiger partial charge in [-0.2, -0.15) is 0 Å². The summed E-state index contributed by atoms with van der Waals surface area (Å²) in [6.45, 7) is 12.1. The first-order chi connectivity index (χ1) is 9.51. The van der Waals surface area contributed by atoms with E-state index < -0.39 is 0 Å². The quantitative estimate of drug-likeness (QED) is 0.754. The highest BCUT2D eigenvalue weighted by Crippen LogP contribution is 2.26. The Hall–Kier alpha value is -0.860. The average Bonchev–Trinajstić information content (AvgIpc) is 2.43. The Morgan fingerprint density at radius 3 is 1.95 bits per heavy atom. The van der Waals surface area contributed by atoms with Gasteiger partial charge in [0.1, 0.15) is 0 Å². The second-order valence-corrected chi connectivity index (χ2v) is 6.20. The lowest BCUT2D eigenvalue weighted by Gasteiger charge is -2.30. The summed E-state index contributed by atoms with van der Waals surface area (Å²) in [6, 6.07) is 9.25. The maximum absolute atomic E-state index is 5.74. The zero-order valence-electron chi connectivity index (χ0n) is 13.9. The summed E-state index contributed by atoms with van der Waals surface area (Å²) < 4.78 is 5.74. The van der Waals surface area contributed by atoms with Crippen LogP contribution >= 0.6 is 0 Å². The van der Waals surface area contributed by atoms with E-state index in [0.29, 0.717) is 11.8 Å². The molecule has 0 aromatic heterocycles. The minimum absolute atomic E-state index is 0.200. The fraction of sp³-hybridized carbons (Fsp3) is 0.667. The van der Waals surface area contributed by atoms with Crippen molar-refractivity contribution >= 4 is 0 Å². The maximum atomic E-state index is 5.74. The molecular weight excluding hydrogens is 246 g/mol. The lowest BCUT2D eigenvalue weighted by atomic mass is 9.91. The Balaban J connectivity index is 2.96. The molecule has 0 saturated carbocycles. The van der Waals surface area contributed by atoms with E-state index in [1.165, 1.54) is 11.1 Å². The van der Waals surface area contributed by atoms with Gasteiger partial charge < -0.3 is 10.1 Å². The van der Waals surface area contributed by atoms with E-state index >= 15 is 0 Å². The van der Waals surface area contributed by atoms with Gasteiger partial charge in [-0.25, -0.2) is 0 Å². The van der Waals surface area contributed by atoms with Crippen LogP contribution in [0.1, 0.15) is 64.1 Å². The number of methoxy groups -OCH3 is 1. The molecule has 1 rings (SSSR count). The SMILES string of the molecule is CCCNC(c1ccc(C(C)C)cc1)C(OC)C(C)C. The van der Waals surface area contributed by atoms with E-state index in [0.717, 1.165) is 13.0 Å². The van der Waals surface area contributed by atoms with Crippen LogP contribution in [0.25, 0.3) is 0 Å². The van der Waals surface area contributed by atoms with Gasteiger partial charge in [0.05, 0.1) is 12.1 Å². The van der Waals surface area contributed by atoms with Gasteiger partial charge in [-0.15, -0.1) is 0 Å². The Labute approximate surface area is 124 Å². The lowest BCUT2D eigenvalue weighted by Crippen LogP contribution is -2.37. The van der Waals surface area contributed by atoms with Gasteiger partial charge in [0.25, 0.3) is 0 Å². The van der Waals surface area contributed by atoms with Crippen molar-refractivity contribution in [3.8, 4) is 0 Å². The molecule has 2 nitrogen and oxygen atoms in total. The van der Waals surface area contributed by atoms with Crippen molar-refractivity contribution in [1.82, 2.24) is 5.32 Å². The molecular formula is C18H31NO. The monoisotopic (exact) mass is 277 g/mol. The topological polar surface area (TPSA) is 21.3 Å². The van der Waals surface area contributed by atoms with Crippen LogP contribution in [-0.4, -0.2) is 19.8 Å². The first-order valence-corrected chi connectivity index (χ1v) is 7.87. The molecule has 0 heterocycles. The average molecular weight is 277 g/mol. The normalized spacial score (nSPS) is 14.8. The van der Waals surface area contributed by atoms with E-state index in [4.69, 9.17) is 4.74 Å². The van der Waals surface area contributed by atoms with E-state index in [9.17, 15) is 0 Å². The van der Waals surface area contributed by atoms with E-state index in [-0.39, 0.29) is 12.1 Å². The molecule has 1 aromatic rings. The highest BCUT2D eigenvalue weighted by atomic mass is 16.5. The zero-order chi connectivity index (χ0) is 15.1. The molecule has 0 aliphatic carbocycles. The molecule has 2 unspecified atom stereocenters. The number of ether oxygens (including phenoxy) is 1. The van der Waals surface area contributed by atoms with Gasteiger partial charge in [-0.1, -0.05) is 58.9 Å². The molecule has 0 fully saturated rings. The summed E-state index contributed by atoms with van der Waals surface area (Å²) in [5.41, 5.74) is 2.71. The fourth-order valence-electron chi connectivity index (χ4n) is 2.60. The Morgan fingerprint density at radius 1 is 1.00 bits per heavy atom. The van der Waals surface area contributed by atoms with Crippen LogP contribution in [0.4, 0.5) is 0 Å².